The second-order valence-corrected chi connectivity index (χ2v) is 8.46. The predicted molar refractivity (Wildman–Crippen MR) is 116 cm³/mol. The molecule has 0 bridgehead atoms. The predicted octanol–water partition coefficient (Wildman–Crippen LogP) is 3.00. The number of nitrogens with one attached hydrogen (secondary N) is 1. The van der Waals surface area contributed by atoms with Crippen LogP contribution in [0.3, 0.4) is 0 Å². The van der Waals surface area contributed by atoms with E-state index in [-0.39, 0.29) is 18.3 Å². The summed E-state index contributed by atoms with van der Waals surface area (Å²) in [7, 11) is 0. The number of carbonyl (C=O) groups excluding carboxylic acids is 2. The summed E-state index contributed by atoms with van der Waals surface area (Å²) >= 11 is 0. The van der Waals surface area contributed by atoms with Crippen LogP contribution in [0.1, 0.15) is 40.0 Å². The molecule has 2 aliphatic heterocycles. The Morgan fingerprint density at radius 3 is 2.43 bits per heavy atom. The van der Waals surface area contributed by atoms with Crippen LogP contribution in [-0.4, -0.2) is 73.2 Å². The van der Waals surface area contributed by atoms with Crippen molar-refractivity contribution in [1.29, 1.82) is 0 Å². The van der Waals surface area contributed by atoms with Crippen molar-refractivity contribution in [2.75, 3.05) is 44.2 Å². The minimum atomic E-state index is -0.437. The number of ether oxygens (including phenoxy) is 2. The maximum absolute atomic E-state index is 11.4. The number of rotatable bonds is 5. The summed E-state index contributed by atoms with van der Waals surface area (Å²) in [6.07, 6.45) is 1.91. The van der Waals surface area contributed by atoms with Crippen LogP contribution in [0.5, 0.6) is 0 Å². The van der Waals surface area contributed by atoms with Crippen molar-refractivity contribution in [3.8, 4) is 0 Å². The molecule has 168 valence electrons. The highest BCUT2D eigenvalue weighted by Crippen LogP contribution is 2.17. The minimum Gasteiger partial charge on any atom is -0.447 e. The Kier molecular flexibility index (Phi) is 9.39. The highest BCUT2D eigenvalue weighted by atomic mass is 16.6. The van der Waals surface area contributed by atoms with Gasteiger partial charge in [-0.25, -0.2) is 9.59 Å². The van der Waals surface area contributed by atoms with Gasteiger partial charge in [-0.15, -0.1) is 0 Å². The number of piperidine rings is 1. The molecule has 3 rings (SSSR count). The van der Waals surface area contributed by atoms with Gasteiger partial charge in [0, 0.05) is 25.3 Å². The number of anilines is 1. The van der Waals surface area contributed by atoms with Gasteiger partial charge in [0.1, 0.15) is 12.2 Å². The Labute approximate surface area is 179 Å². The van der Waals surface area contributed by atoms with Crippen LogP contribution in [0.4, 0.5) is 15.3 Å². The second kappa shape index (κ2) is 11.8. The molecule has 0 unspecified atom stereocenters. The third-order valence-corrected chi connectivity index (χ3v) is 4.71. The number of benzene rings is 1. The fourth-order valence-electron chi connectivity index (χ4n) is 3.19. The van der Waals surface area contributed by atoms with Crippen molar-refractivity contribution in [3.63, 3.8) is 0 Å². The average Bonchev–Trinajstić information content (AvgIpc) is 3.12. The van der Waals surface area contributed by atoms with Crippen molar-refractivity contribution in [1.82, 2.24) is 10.2 Å². The van der Waals surface area contributed by atoms with Crippen LogP contribution in [0.25, 0.3) is 0 Å². The molecule has 0 spiro atoms. The molecule has 2 aliphatic rings. The number of para-hydroxylation sites is 1. The highest BCUT2D eigenvalue weighted by molar-refractivity contribution is 5.89. The summed E-state index contributed by atoms with van der Waals surface area (Å²) in [6, 6.07) is 9.52. The van der Waals surface area contributed by atoms with Crippen molar-refractivity contribution >= 4 is 17.9 Å². The number of cyclic esters (lactones) is 1. The van der Waals surface area contributed by atoms with Crippen molar-refractivity contribution in [2.24, 2.45) is 0 Å². The number of likely N-dealkylation sites (tertiary alicyclic amines) is 1. The monoisotopic (exact) mass is 421 g/mol. The van der Waals surface area contributed by atoms with E-state index in [0.29, 0.717) is 19.7 Å². The lowest BCUT2D eigenvalue weighted by molar-refractivity contribution is 0.0522. The molecule has 30 heavy (non-hydrogen) atoms. The minimum absolute atomic E-state index is 0.124. The van der Waals surface area contributed by atoms with Crippen LogP contribution >= 0.6 is 0 Å². The number of aliphatic hydroxyl groups is 1. The fraction of sp³-hybridized carbons (Fsp3) is 0.636. The van der Waals surface area contributed by atoms with Gasteiger partial charge in [-0.3, -0.25) is 4.90 Å². The van der Waals surface area contributed by atoms with E-state index in [1.165, 1.54) is 0 Å². The van der Waals surface area contributed by atoms with Gasteiger partial charge in [0.2, 0.25) is 0 Å². The summed E-state index contributed by atoms with van der Waals surface area (Å²) in [5.74, 6) is 0. The SMILES string of the molecule is CC(C)(C)OC(=O)NCCCN1CCC(O)CC1.O=C1OCCN1c1ccccc1. The number of hydrogen-bond acceptors (Lipinski definition) is 6. The van der Waals surface area contributed by atoms with Gasteiger partial charge in [0.15, 0.2) is 0 Å². The molecule has 0 atom stereocenters. The Hall–Kier alpha value is -2.32. The van der Waals surface area contributed by atoms with E-state index in [4.69, 9.17) is 9.47 Å². The maximum Gasteiger partial charge on any atom is 0.414 e. The highest BCUT2D eigenvalue weighted by Gasteiger charge is 2.22. The topological polar surface area (TPSA) is 91.3 Å². The van der Waals surface area contributed by atoms with E-state index in [9.17, 15) is 14.7 Å². The Bertz CT molecular complexity index is 654. The van der Waals surface area contributed by atoms with Gasteiger partial charge >= 0.3 is 12.2 Å². The molecule has 0 radical (unpaired) electrons. The molecule has 0 saturated carbocycles. The third-order valence-electron chi connectivity index (χ3n) is 4.71. The van der Waals surface area contributed by atoms with Crippen molar-refractivity contribution < 1.29 is 24.2 Å². The smallest absolute Gasteiger partial charge is 0.414 e. The summed E-state index contributed by atoms with van der Waals surface area (Å²) in [5.41, 5.74) is 0.465. The molecule has 2 amide bonds. The van der Waals surface area contributed by atoms with E-state index < -0.39 is 5.60 Å². The Morgan fingerprint density at radius 2 is 1.87 bits per heavy atom. The van der Waals surface area contributed by atoms with Crippen molar-refractivity contribution in [2.45, 2.75) is 51.7 Å². The van der Waals surface area contributed by atoms with E-state index >= 15 is 0 Å². The van der Waals surface area contributed by atoms with Gasteiger partial charge in [-0.2, -0.15) is 0 Å². The first-order valence-corrected chi connectivity index (χ1v) is 10.6. The van der Waals surface area contributed by atoms with Crippen LogP contribution in [0.2, 0.25) is 0 Å². The van der Waals surface area contributed by atoms with E-state index in [0.717, 1.165) is 44.6 Å². The van der Waals surface area contributed by atoms with Crippen LogP contribution in [-0.2, 0) is 9.47 Å². The molecule has 1 aromatic carbocycles. The molecule has 2 heterocycles. The second-order valence-electron chi connectivity index (χ2n) is 8.46. The molecule has 0 aromatic heterocycles. The van der Waals surface area contributed by atoms with Gasteiger partial charge in [-0.05, 0) is 58.7 Å². The van der Waals surface area contributed by atoms with Crippen molar-refractivity contribution in [3.05, 3.63) is 30.3 Å². The molecular weight excluding hydrogens is 386 g/mol. The fourth-order valence-corrected chi connectivity index (χ4v) is 3.19. The first-order chi connectivity index (χ1) is 14.2. The summed E-state index contributed by atoms with van der Waals surface area (Å²) in [4.78, 5) is 26.4. The van der Waals surface area contributed by atoms with Gasteiger partial charge in [-0.1, -0.05) is 18.2 Å². The number of hydrogen-bond donors (Lipinski definition) is 2. The lowest BCUT2D eigenvalue weighted by atomic mass is 10.1. The van der Waals surface area contributed by atoms with Crippen LogP contribution < -0.4 is 10.2 Å². The Morgan fingerprint density at radius 1 is 1.20 bits per heavy atom. The molecule has 2 fully saturated rings. The standard InChI is InChI=1S/C13H26N2O3.C9H9NO2/c1-13(2,3)18-12(17)14-7-4-8-15-9-5-11(16)6-10-15;11-9-10(6-7-12-9)8-4-2-1-3-5-8/h11,16H,4-10H2,1-3H3,(H,14,17);1-5H,6-7H2. The first-order valence-electron chi connectivity index (χ1n) is 10.6. The average molecular weight is 422 g/mol. The van der Waals surface area contributed by atoms with E-state index in [2.05, 4.69) is 10.2 Å². The molecule has 8 nitrogen and oxygen atoms in total. The molecule has 1 aromatic rings. The lowest BCUT2D eigenvalue weighted by Crippen LogP contribution is -2.38. The number of nitrogens with zero attached hydrogens (tertiary/aromatic N) is 2. The lowest BCUT2D eigenvalue weighted by Gasteiger charge is -2.29. The first kappa shape index (κ1) is 24.0. The zero-order valence-electron chi connectivity index (χ0n) is 18.3. The van der Waals surface area contributed by atoms with E-state index in [1.807, 2.05) is 51.1 Å². The van der Waals surface area contributed by atoms with Crippen LogP contribution in [0.15, 0.2) is 30.3 Å². The number of carbonyl (C=O) groups is 2. The normalized spacial score (nSPS) is 17.7. The van der Waals surface area contributed by atoms with E-state index in [1.54, 1.807) is 4.90 Å². The zero-order valence-corrected chi connectivity index (χ0v) is 18.3. The van der Waals surface area contributed by atoms with Gasteiger partial charge in [0.25, 0.3) is 0 Å². The summed E-state index contributed by atoms with van der Waals surface area (Å²) in [5, 5.41) is 12.1. The molecule has 8 heteroatoms. The number of alkyl carbamates (subject to hydrolysis) is 1. The zero-order chi connectivity index (χ0) is 22.0. The van der Waals surface area contributed by atoms with Gasteiger partial charge < -0.3 is 24.8 Å². The summed E-state index contributed by atoms with van der Waals surface area (Å²) < 4.78 is 9.95. The third kappa shape index (κ3) is 9.00. The molecule has 2 N–H and O–H groups in total. The number of aliphatic hydroxyl groups excluding tert-OH is 1. The molecule has 0 aliphatic carbocycles. The quantitative estimate of drug-likeness (QED) is 0.710. The van der Waals surface area contributed by atoms with Gasteiger partial charge in [0.05, 0.1) is 12.6 Å². The number of amides is 2. The summed E-state index contributed by atoms with van der Waals surface area (Å²) in [6.45, 7) is 10.2. The molecular formula is C22H35N3O5. The Balaban J connectivity index is 0.000000230. The largest absolute Gasteiger partial charge is 0.447 e. The molecule has 2 saturated heterocycles. The van der Waals surface area contributed by atoms with Crippen LogP contribution in [0, 0.1) is 0 Å². The maximum atomic E-state index is 11.4.